The summed E-state index contributed by atoms with van der Waals surface area (Å²) in [5.41, 5.74) is 8.12. The highest BCUT2D eigenvalue weighted by Crippen LogP contribution is 2.43. The van der Waals surface area contributed by atoms with E-state index < -0.39 is 23.5 Å². The fourth-order valence-corrected chi connectivity index (χ4v) is 5.63. The van der Waals surface area contributed by atoms with Crippen LogP contribution in [0, 0.1) is 0 Å². The van der Waals surface area contributed by atoms with Crippen molar-refractivity contribution < 1.29 is 23.8 Å². The van der Waals surface area contributed by atoms with E-state index in [9.17, 15) is 9.59 Å². The molecule has 2 aromatic rings. The number of carbonyl (C=O) groups excluding carboxylic acids is 2. The van der Waals surface area contributed by atoms with Crippen molar-refractivity contribution in [3.8, 4) is 0 Å². The lowest BCUT2D eigenvalue weighted by Crippen LogP contribution is -2.41. The highest BCUT2D eigenvalue weighted by Gasteiger charge is 2.45. The summed E-state index contributed by atoms with van der Waals surface area (Å²) < 4.78 is 17.3. The molecule has 4 rings (SSSR count). The molecule has 2 atom stereocenters. The number of allylic oxidation sites excluding steroid dienone is 1. The second-order valence-electron chi connectivity index (χ2n) is 10.1. The van der Waals surface area contributed by atoms with E-state index in [1.165, 1.54) is 7.11 Å². The number of hydrogen-bond acceptors (Lipinski definition) is 9. The lowest BCUT2D eigenvalue weighted by molar-refractivity contribution is -0.154. The van der Waals surface area contributed by atoms with Gasteiger partial charge in [0.2, 0.25) is 0 Å². The highest BCUT2D eigenvalue weighted by molar-refractivity contribution is 6.31. The number of rotatable bonds is 11. The minimum absolute atomic E-state index is 0.0826. The normalized spacial score (nSPS) is 21.4. The van der Waals surface area contributed by atoms with Gasteiger partial charge >= 0.3 is 11.9 Å². The molecule has 0 bridgehead atoms. The van der Waals surface area contributed by atoms with E-state index in [0.717, 1.165) is 12.2 Å². The maximum absolute atomic E-state index is 14.2. The monoisotopic (exact) mass is 568 g/mol. The summed E-state index contributed by atoms with van der Waals surface area (Å²) >= 11 is 6.65. The van der Waals surface area contributed by atoms with Crippen LogP contribution in [0.25, 0.3) is 0 Å². The Kier molecular flexibility index (Phi) is 9.97. The lowest BCUT2D eigenvalue weighted by atomic mass is 9.80. The van der Waals surface area contributed by atoms with E-state index in [-0.39, 0.29) is 12.2 Å². The van der Waals surface area contributed by atoms with Crippen LogP contribution in [0.15, 0.2) is 71.2 Å². The van der Waals surface area contributed by atoms with Gasteiger partial charge in [0.25, 0.3) is 0 Å². The van der Waals surface area contributed by atoms with Crippen molar-refractivity contribution in [3.05, 3.63) is 87.5 Å². The van der Waals surface area contributed by atoms with E-state index in [0.29, 0.717) is 66.6 Å². The predicted molar refractivity (Wildman–Crippen MR) is 152 cm³/mol. The topological polar surface area (TPSA) is 116 Å². The molecule has 1 fully saturated rings. The van der Waals surface area contributed by atoms with Crippen LogP contribution in [0.3, 0.4) is 0 Å². The quantitative estimate of drug-likeness (QED) is 0.309. The zero-order valence-corrected chi connectivity index (χ0v) is 24.0. The van der Waals surface area contributed by atoms with E-state index >= 15 is 0 Å². The van der Waals surface area contributed by atoms with Crippen molar-refractivity contribution in [1.82, 2.24) is 15.2 Å². The summed E-state index contributed by atoms with van der Waals surface area (Å²) in [6, 6.07) is 13.0. The van der Waals surface area contributed by atoms with Crippen LogP contribution in [-0.4, -0.2) is 67.4 Å². The number of pyridine rings is 1. The maximum Gasteiger partial charge on any atom is 0.337 e. The van der Waals surface area contributed by atoms with Gasteiger partial charge in [-0.05, 0) is 37.1 Å². The summed E-state index contributed by atoms with van der Waals surface area (Å²) in [5.74, 6) is -1.90. The van der Waals surface area contributed by atoms with E-state index in [1.807, 2.05) is 31.2 Å². The number of aromatic nitrogens is 1. The van der Waals surface area contributed by atoms with Crippen LogP contribution in [0.4, 0.5) is 0 Å². The number of methoxy groups -OCH3 is 1. The first-order chi connectivity index (χ1) is 19.3. The van der Waals surface area contributed by atoms with Gasteiger partial charge in [-0.1, -0.05) is 42.8 Å². The van der Waals surface area contributed by atoms with Crippen molar-refractivity contribution in [3.63, 3.8) is 0 Å². The average molecular weight is 569 g/mol. The molecule has 0 radical (unpaired) electrons. The van der Waals surface area contributed by atoms with Crippen molar-refractivity contribution in [2.45, 2.75) is 44.8 Å². The Balaban J connectivity index is 1.71. The smallest absolute Gasteiger partial charge is 0.337 e. The minimum atomic E-state index is -0.814. The van der Waals surface area contributed by atoms with Gasteiger partial charge in [0.05, 0.1) is 48.8 Å². The number of dihydropyridines is 1. The fourth-order valence-electron chi connectivity index (χ4n) is 5.39. The number of nitrogens with two attached hydrogens (primary N) is 1. The minimum Gasteiger partial charge on any atom is -0.466 e. The molecule has 10 heteroatoms. The van der Waals surface area contributed by atoms with Crippen molar-refractivity contribution in [2.75, 3.05) is 40.0 Å². The van der Waals surface area contributed by atoms with E-state index in [4.69, 9.17) is 31.5 Å². The van der Waals surface area contributed by atoms with Gasteiger partial charge in [-0.3, -0.25) is 9.88 Å². The van der Waals surface area contributed by atoms with E-state index in [2.05, 4.69) is 15.2 Å². The summed E-state index contributed by atoms with van der Waals surface area (Å²) in [4.78, 5) is 34.0. The first kappa shape index (κ1) is 29.7. The number of likely N-dealkylation sites (tertiary alicyclic amines) is 1. The second kappa shape index (κ2) is 13.4. The largest absolute Gasteiger partial charge is 0.466 e. The molecule has 214 valence electrons. The molecule has 40 heavy (non-hydrogen) atoms. The number of hydrogen-bond donors (Lipinski definition) is 2. The number of carbonyl (C=O) groups is 2. The Bertz CT molecular complexity index is 1280. The molecule has 0 amide bonds. The van der Waals surface area contributed by atoms with Crippen LogP contribution in [0.5, 0.6) is 0 Å². The molecule has 9 nitrogen and oxygen atoms in total. The van der Waals surface area contributed by atoms with Crippen LogP contribution < -0.4 is 11.1 Å². The van der Waals surface area contributed by atoms with Gasteiger partial charge in [0, 0.05) is 49.5 Å². The molecule has 1 saturated heterocycles. The third-order valence-corrected chi connectivity index (χ3v) is 7.80. The summed E-state index contributed by atoms with van der Waals surface area (Å²) in [6.07, 6.45) is 3.09. The van der Waals surface area contributed by atoms with Crippen LogP contribution in [-0.2, 0) is 30.3 Å². The predicted octanol–water partition coefficient (Wildman–Crippen LogP) is 3.70. The molecule has 2 unspecified atom stereocenters. The van der Waals surface area contributed by atoms with Gasteiger partial charge in [0.15, 0.2) is 0 Å². The number of nitrogens with zero attached hydrogens (tertiary/aromatic N) is 2. The molecule has 3 N–H and O–H groups in total. The third kappa shape index (κ3) is 6.55. The summed E-state index contributed by atoms with van der Waals surface area (Å²) in [7, 11) is 1.31. The Morgan fingerprint density at radius 3 is 2.62 bits per heavy atom. The van der Waals surface area contributed by atoms with Crippen LogP contribution in [0.2, 0.25) is 5.02 Å². The summed E-state index contributed by atoms with van der Waals surface area (Å²) in [5, 5.41) is 3.64. The van der Waals surface area contributed by atoms with Gasteiger partial charge in [-0.25, -0.2) is 9.59 Å². The van der Waals surface area contributed by atoms with Gasteiger partial charge < -0.3 is 25.3 Å². The number of benzene rings is 1. The molecule has 2 aliphatic heterocycles. The van der Waals surface area contributed by atoms with Crippen LogP contribution in [0.1, 0.15) is 43.9 Å². The molecule has 0 saturated carbocycles. The molecule has 1 aromatic carbocycles. The molecule has 2 aliphatic rings. The fraction of sp³-hybridized carbons (Fsp3) is 0.433. The maximum atomic E-state index is 14.2. The first-order valence-electron chi connectivity index (χ1n) is 13.5. The molecule has 0 aliphatic carbocycles. The Morgan fingerprint density at radius 2 is 1.95 bits per heavy atom. The average Bonchev–Trinajstić information content (AvgIpc) is 3.35. The standard InChI is InChI=1S/C30H37ClN4O5/c1-4-30(12-15-35(19-30)17-21-9-7-8-14-33-21)40-29(37)27-24(18-39-16-13-32)34-20(2)25(28(36)38-3)26(27)22-10-5-6-11-23(22)31/h5-11,14,26,34H,4,12-13,15-19,32H2,1-3H3. The molecular formula is C30H37ClN4O5. The number of halogens is 1. The zero-order valence-electron chi connectivity index (χ0n) is 23.2. The van der Waals surface area contributed by atoms with Gasteiger partial charge in [0.1, 0.15) is 5.60 Å². The van der Waals surface area contributed by atoms with Gasteiger partial charge in [-0.2, -0.15) is 0 Å². The highest BCUT2D eigenvalue weighted by atomic mass is 35.5. The summed E-state index contributed by atoms with van der Waals surface area (Å²) in [6.45, 7) is 6.50. The Hall–Kier alpha value is -3.24. The van der Waals surface area contributed by atoms with Crippen LogP contribution >= 0.6 is 11.6 Å². The first-order valence-corrected chi connectivity index (χ1v) is 13.9. The molecule has 0 spiro atoms. The third-order valence-electron chi connectivity index (χ3n) is 7.46. The van der Waals surface area contributed by atoms with Crippen molar-refractivity contribution in [1.29, 1.82) is 0 Å². The molecule has 1 aromatic heterocycles. The number of nitrogens with one attached hydrogen (secondary N) is 1. The van der Waals surface area contributed by atoms with Gasteiger partial charge in [-0.15, -0.1) is 0 Å². The Labute approximate surface area is 240 Å². The molecular weight excluding hydrogens is 532 g/mol. The number of ether oxygens (including phenoxy) is 3. The number of esters is 2. The zero-order chi connectivity index (χ0) is 28.7. The molecule has 3 heterocycles. The van der Waals surface area contributed by atoms with Crippen molar-refractivity contribution >= 4 is 23.5 Å². The SMILES string of the molecule is CCC1(OC(=O)C2=C(COCCN)NC(C)=C(C(=O)OC)C2c2ccccc2Cl)CCN(Cc2ccccn2)C1. The van der Waals surface area contributed by atoms with E-state index in [1.54, 1.807) is 31.3 Å². The second-order valence-corrected chi connectivity index (χ2v) is 10.5. The Morgan fingerprint density at radius 1 is 1.18 bits per heavy atom. The van der Waals surface area contributed by atoms with Crippen molar-refractivity contribution in [2.24, 2.45) is 5.73 Å². The lowest BCUT2D eigenvalue weighted by Gasteiger charge is -2.34.